The van der Waals surface area contributed by atoms with Crippen LogP contribution < -0.4 is 0 Å². The van der Waals surface area contributed by atoms with Crippen LogP contribution in [0.5, 0.6) is 0 Å². The van der Waals surface area contributed by atoms with Gasteiger partial charge in [0.1, 0.15) is 5.82 Å². The summed E-state index contributed by atoms with van der Waals surface area (Å²) in [7, 11) is 0. The van der Waals surface area contributed by atoms with Crippen molar-refractivity contribution in [3.05, 3.63) is 56.0 Å². The highest BCUT2D eigenvalue weighted by molar-refractivity contribution is 7.16. The number of thiophene rings is 1. The Morgan fingerprint density at radius 1 is 1.25 bits per heavy atom. The SMILES string of the molecule is Cc1cc(C(Cl)c2cccc(C(F)(F)F)c2F)sc1Cl. The van der Waals surface area contributed by atoms with Gasteiger partial charge in [0.2, 0.25) is 0 Å². The van der Waals surface area contributed by atoms with Gasteiger partial charge in [-0.25, -0.2) is 4.39 Å². The zero-order chi connectivity index (χ0) is 15.1. The number of aryl methyl sites for hydroxylation is 1. The Balaban J connectivity index is 2.48. The molecule has 108 valence electrons. The van der Waals surface area contributed by atoms with Crippen molar-refractivity contribution in [3.63, 3.8) is 0 Å². The van der Waals surface area contributed by atoms with Crippen molar-refractivity contribution >= 4 is 34.5 Å². The smallest absolute Gasteiger partial charge is 0.206 e. The van der Waals surface area contributed by atoms with Gasteiger partial charge in [-0.05, 0) is 24.6 Å². The van der Waals surface area contributed by atoms with Crippen LogP contribution in [0.1, 0.15) is 26.9 Å². The minimum absolute atomic E-state index is 0.209. The van der Waals surface area contributed by atoms with Gasteiger partial charge in [0.15, 0.2) is 0 Å². The number of halogens is 6. The molecule has 2 aromatic rings. The van der Waals surface area contributed by atoms with Crippen LogP contribution in [0.2, 0.25) is 4.34 Å². The number of rotatable bonds is 2. The Morgan fingerprint density at radius 2 is 1.90 bits per heavy atom. The standard InChI is InChI=1S/C13H8Cl2F4S/c1-6-5-9(20-12(6)15)10(14)7-3-2-4-8(11(7)16)13(17,18)19/h2-5,10H,1H3. The van der Waals surface area contributed by atoms with Crippen LogP contribution in [-0.2, 0) is 6.18 Å². The molecule has 7 heteroatoms. The number of hydrogen-bond donors (Lipinski definition) is 0. The van der Waals surface area contributed by atoms with Gasteiger partial charge in [-0.3, -0.25) is 0 Å². The molecule has 0 fully saturated rings. The van der Waals surface area contributed by atoms with E-state index in [4.69, 9.17) is 23.2 Å². The lowest BCUT2D eigenvalue weighted by molar-refractivity contribution is -0.140. The predicted molar refractivity (Wildman–Crippen MR) is 73.2 cm³/mol. The van der Waals surface area contributed by atoms with Gasteiger partial charge in [0, 0.05) is 10.4 Å². The zero-order valence-electron chi connectivity index (χ0n) is 10.1. The maximum Gasteiger partial charge on any atom is 0.419 e. The van der Waals surface area contributed by atoms with Gasteiger partial charge in [-0.1, -0.05) is 23.7 Å². The van der Waals surface area contributed by atoms with E-state index >= 15 is 0 Å². The summed E-state index contributed by atoms with van der Waals surface area (Å²) in [5.41, 5.74) is -0.774. The normalized spacial score (nSPS) is 13.6. The zero-order valence-corrected chi connectivity index (χ0v) is 12.4. The lowest BCUT2D eigenvalue weighted by Gasteiger charge is -2.14. The molecule has 20 heavy (non-hydrogen) atoms. The molecule has 0 aliphatic rings. The maximum absolute atomic E-state index is 14.0. The van der Waals surface area contributed by atoms with Crippen molar-refractivity contribution in [1.82, 2.24) is 0 Å². The summed E-state index contributed by atoms with van der Waals surface area (Å²) in [6, 6.07) is 4.71. The van der Waals surface area contributed by atoms with Crippen molar-refractivity contribution in [2.45, 2.75) is 18.5 Å². The molecule has 0 N–H and O–H groups in total. The van der Waals surface area contributed by atoms with Gasteiger partial charge in [-0.15, -0.1) is 22.9 Å². The topological polar surface area (TPSA) is 0 Å². The fourth-order valence-electron chi connectivity index (χ4n) is 1.73. The fourth-order valence-corrected chi connectivity index (χ4v) is 3.31. The van der Waals surface area contributed by atoms with E-state index in [1.54, 1.807) is 13.0 Å². The van der Waals surface area contributed by atoms with E-state index in [2.05, 4.69) is 0 Å². The Hall–Kier alpha value is -0.780. The van der Waals surface area contributed by atoms with Gasteiger partial charge in [0.25, 0.3) is 0 Å². The van der Waals surface area contributed by atoms with E-state index < -0.39 is 22.9 Å². The molecule has 1 heterocycles. The number of alkyl halides is 4. The van der Waals surface area contributed by atoms with Gasteiger partial charge < -0.3 is 0 Å². The van der Waals surface area contributed by atoms with Crippen LogP contribution in [0.3, 0.4) is 0 Å². The molecule has 0 saturated heterocycles. The van der Waals surface area contributed by atoms with Crippen molar-refractivity contribution in [3.8, 4) is 0 Å². The van der Waals surface area contributed by atoms with Crippen LogP contribution in [0.4, 0.5) is 17.6 Å². The Bertz CT molecular complexity index is 614. The molecule has 0 radical (unpaired) electrons. The van der Waals surface area contributed by atoms with Gasteiger partial charge in [-0.2, -0.15) is 13.2 Å². The third-order valence-corrected chi connectivity index (χ3v) is 4.95. The summed E-state index contributed by atoms with van der Waals surface area (Å²) >= 11 is 13.1. The lowest BCUT2D eigenvalue weighted by atomic mass is 10.0. The van der Waals surface area contributed by atoms with Crippen molar-refractivity contribution in [2.24, 2.45) is 0 Å². The van der Waals surface area contributed by atoms with Crippen LogP contribution in [0.15, 0.2) is 24.3 Å². The minimum Gasteiger partial charge on any atom is -0.206 e. The van der Waals surface area contributed by atoms with Gasteiger partial charge in [0.05, 0.1) is 15.3 Å². The highest BCUT2D eigenvalue weighted by Gasteiger charge is 2.35. The van der Waals surface area contributed by atoms with E-state index in [9.17, 15) is 17.6 Å². The predicted octanol–water partition coefficient (Wildman–Crippen LogP) is 6.20. The second-order valence-corrected chi connectivity index (χ2v) is 6.30. The van der Waals surface area contributed by atoms with Crippen LogP contribution >= 0.6 is 34.5 Å². The van der Waals surface area contributed by atoms with Crippen molar-refractivity contribution in [2.75, 3.05) is 0 Å². The van der Waals surface area contributed by atoms with Crippen molar-refractivity contribution in [1.29, 1.82) is 0 Å². The van der Waals surface area contributed by atoms with E-state index in [1.807, 2.05) is 0 Å². The van der Waals surface area contributed by atoms with E-state index in [0.717, 1.165) is 23.0 Å². The number of hydrogen-bond acceptors (Lipinski definition) is 1. The fraction of sp³-hybridized carbons (Fsp3) is 0.231. The molecule has 1 unspecified atom stereocenters. The first-order valence-corrected chi connectivity index (χ1v) is 7.10. The Kier molecular flexibility index (Phi) is 4.33. The summed E-state index contributed by atoms with van der Waals surface area (Å²) in [5.74, 6) is -1.35. The molecular weight excluding hydrogens is 335 g/mol. The largest absolute Gasteiger partial charge is 0.419 e. The van der Waals surface area contributed by atoms with Crippen molar-refractivity contribution < 1.29 is 17.6 Å². The molecule has 0 spiro atoms. The molecule has 0 nitrogen and oxygen atoms in total. The van der Waals surface area contributed by atoms with Crippen LogP contribution in [0, 0.1) is 12.7 Å². The molecule has 0 aliphatic heterocycles. The molecule has 1 atom stereocenters. The molecule has 0 aliphatic carbocycles. The monoisotopic (exact) mass is 342 g/mol. The Labute approximate surface area is 126 Å². The Morgan fingerprint density at radius 3 is 2.40 bits per heavy atom. The summed E-state index contributed by atoms with van der Waals surface area (Å²) < 4.78 is 52.4. The van der Waals surface area contributed by atoms with Gasteiger partial charge >= 0.3 is 6.18 Å². The molecule has 1 aromatic carbocycles. The summed E-state index contributed by atoms with van der Waals surface area (Å²) in [5, 5.41) is -1.01. The van der Waals surface area contributed by atoms with E-state index in [0.29, 0.717) is 15.3 Å². The average Bonchev–Trinajstić information content (AvgIpc) is 2.67. The second-order valence-electron chi connectivity index (χ2n) is 4.17. The second kappa shape index (κ2) is 5.54. The molecule has 0 saturated carbocycles. The first-order valence-electron chi connectivity index (χ1n) is 5.47. The summed E-state index contributed by atoms with van der Waals surface area (Å²) in [6.07, 6.45) is -4.75. The first-order chi connectivity index (χ1) is 9.21. The maximum atomic E-state index is 14.0. The highest BCUT2D eigenvalue weighted by atomic mass is 35.5. The summed E-state index contributed by atoms with van der Waals surface area (Å²) in [4.78, 5) is 0.507. The third-order valence-electron chi connectivity index (χ3n) is 2.73. The van der Waals surface area contributed by atoms with Crippen LogP contribution in [0.25, 0.3) is 0 Å². The minimum atomic E-state index is -4.75. The van der Waals surface area contributed by atoms with E-state index in [-0.39, 0.29) is 5.56 Å². The molecule has 2 rings (SSSR count). The summed E-state index contributed by atoms with van der Waals surface area (Å²) in [6.45, 7) is 1.74. The van der Waals surface area contributed by atoms with Crippen LogP contribution in [-0.4, -0.2) is 0 Å². The quantitative estimate of drug-likeness (QED) is 0.450. The first kappa shape index (κ1) is 15.6. The number of benzene rings is 1. The molecular formula is C13H8Cl2F4S. The molecule has 0 amide bonds. The highest BCUT2D eigenvalue weighted by Crippen LogP contribution is 2.41. The average molecular weight is 343 g/mol. The molecule has 0 bridgehead atoms. The lowest BCUT2D eigenvalue weighted by Crippen LogP contribution is -2.10. The third kappa shape index (κ3) is 2.95. The molecule has 1 aromatic heterocycles. The van der Waals surface area contributed by atoms with E-state index in [1.165, 1.54) is 6.07 Å².